The van der Waals surface area contributed by atoms with Crippen molar-refractivity contribution >= 4 is 17.7 Å². The molecule has 0 bridgehead atoms. The minimum Gasteiger partial charge on any atom is -0.486 e. The number of benzene rings is 2. The SMILES string of the molecule is C=CCn1c(COc2ccccc2)nnc1SCCC(=O)NCc1ccc2c(c1)OCO2. The van der Waals surface area contributed by atoms with E-state index >= 15 is 0 Å². The average Bonchev–Trinajstić information content (AvgIpc) is 3.44. The first-order chi connectivity index (χ1) is 15.7. The number of para-hydroxylation sites is 1. The topological polar surface area (TPSA) is 87.5 Å². The number of ether oxygens (including phenoxy) is 3. The van der Waals surface area contributed by atoms with Crippen LogP contribution >= 0.6 is 11.8 Å². The van der Waals surface area contributed by atoms with E-state index < -0.39 is 0 Å². The van der Waals surface area contributed by atoms with Crippen molar-refractivity contribution < 1.29 is 19.0 Å². The third kappa shape index (κ3) is 5.61. The highest BCUT2D eigenvalue weighted by molar-refractivity contribution is 7.99. The second-order valence-electron chi connectivity index (χ2n) is 6.96. The summed E-state index contributed by atoms with van der Waals surface area (Å²) in [5.74, 6) is 3.48. The van der Waals surface area contributed by atoms with Crippen LogP contribution in [0.15, 0.2) is 66.3 Å². The lowest BCUT2D eigenvalue weighted by Gasteiger charge is -2.09. The van der Waals surface area contributed by atoms with Crippen LogP contribution in [0, 0.1) is 0 Å². The van der Waals surface area contributed by atoms with E-state index in [2.05, 4.69) is 22.1 Å². The predicted octanol–water partition coefficient (Wildman–Crippen LogP) is 3.57. The zero-order valence-corrected chi connectivity index (χ0v) is 18.3. The Kier molecular flexibility index (Phi) is 7.29. The maximum atomic E-state index is 12.3. The van der Waals surface area contributed by atoms with Crippen molar-refractivity contribution in [3.63, 3.8) is 0 Å². The molecule has 4 rings (SSSR count). The number of hydrogen-bond donors (Lipinski definition) is 1. The molecule has 32 heavy (non-hydrogen) atoms. The highest BCUT2D eigenvalue weighted by Gasteiger charge is 2.15. The van der Waals surface area contributed by atoms with Crippen LogP contribution in [-0.2, 0) is 24.5 Å². The van der Waals surface area contributed by atoms with Gasteiger partial charge in [-0.05, 0) is 29.8 Å². The van der Waals surface area contributed by atoms with E-state index in [-0.39, 0.29) is 12.7 Å². The quantitative estimate of drug-likeness (QED) is 0.351. The van der Waals surface area contributed by atoms with Crippen LogP contribution in [0.1, 0.15) is 17.8 Å². The molecule has 1 aliphatic heterocycles. The summed E-state index contributed by atoms with van der Waals surface area (Å²) in [6.07, 6.45) is 2.16. The molecule has 1 aromatic heterocycles. The number of thioether (sulfide) groups is 1. The van der Waals surface area contributed by atoms with Gasteiger partial charge in [0.1, 0.15) is 12.4 Å². The molecular weight excluding hydrogens is 428 g/mol. The Labute approximate surface area is 190 Å². The fourth-order valence-electron chi connectivity index (χ4n) is 3.08. The molecule has 0 atom stereocenters. The summed E-state index contributed by atoms with van der Waals surface area (Å²) in [5, 5.41) is 12.2. The smallest absolute Gasteiger partial charge is 0.231 e. The van der Waals surface area contributed by atoms with E-state index in [1.807, 2.05) is 53.1 Å². The Hall–Kier alpha value is -3.46. The molecule has 0 aliphatic carbocycles. The molecule has 8 nitrogen and oxygen atoms in total. The zero-order chi connectivity index (χ0) is 22.2. The number of nitrogens with one attached hydrogen (secondary N) is 1. The van der Waals surface area contributed by atoms with Crippen LogP contribution in [-0.4, -0.2) is 33.2 Å². The van der Waals surface area contributed by atoms with Gasteiger partial charge in [-0.1, -0.05) is 42.1 Å². The van der Waals surface area contributed by atoms with Gasteiger partial charge in [-0.25, -0.2) is 0 Å². The summed E-state index contributed by atoms with van der Waals surface area (Å²) in [5.41, 5.74) is 0.962. The van der Waals surface area contributed by atoms with Gasteiger partial charge in [0.2, 0.25) is 12.7 Å². The lowest BCUT2D eigenvalue weighted by atomic mass is 10.2. The van der Waals surface area contributed by atoms with Crippen molar-refractivity contribution in [2.45, 2.75) is 31.3 Å². The Bertz CT molecular complexity index is 1070. The highest BCUT2D eigenvalue weighted by atomic mass is 32.2. The van der Waals surface area contributed by atoms with E-state index in [1.165, 1.54) is 11.8 Å². The lowest BCUT2D eigenvalue weighted by Crippen LogP contribution is -2.23. The predicted molar refractivity (Wildman–Crippen MR) is 121 cm³/mol. The Balaban J connectivity index is 1.25. The minimum absolute atomic E-state index is 0.0300. The largest absolute Gasteiger partial charge is 0.486 e. The van der Waals surface area contributed by atoms with Gasteiger partial charge in [0.15, 0.2) is 22.5 Å². The van der Waals surface area contributed by atoms with Crippen molar-refractivity contribution in [1.29, 1.82) is 0 Å². The van der Waals surface area contributed by atoms with Gasteiger partial charge in [-0.2, -0.15) is 0 Å². The van der Waals surface area contributed by atoms with Gasteiger partial charge in [0.05, 0.1) is 0 Å². The molecule has 0 spiro atoms. The highest BCUT2D eigenvalue weighted by Crippen LogP contribution is 2.32. The minimum atomic E-state index is -0.0300. The summed E-state index contributed by atoms with van der Waals surface area (Å²) >= 11 is 1.48. The zero-order valence-electron chi connectivity index (χ0n) is 17.5. The maximum absolute atomic E-state index is 12.3. The maximum Gasteiger partial charge on any atom is 0.231 e. The van der Waals surface area contributed by atoms with Crippen LogP contribution in [0.25, 0.3) is 0 Å². The molecule has 0 unspecified atom stereocenters. The molecule has 3 aromatic rings. The van der Waals surface area contributed by atoms with Crippen molar-refractivity contribution in [3.05, 3.63) is 72.6 Å². The van der Waals surface area contributed by atoms with Crippen LogP contribution in [0.3, 0.4) is 0 Å². The van der Waals surface area contributed by atoms with Gasteiger partial charge in [-0.3, -0.25) is 9.36 Å². The van der Waals surface area contributed by atoms with Crippen molar-refractivity contribution in [3.8, 4) is 17.2 Å². The van der Waals surface area contributed by atoms with E-state index in [0.717, 1.165) is 22.2 Å². The Morgan fingerprint density at radius 1 is 1.19 bits per heavy atom. The standard InChI is InChI=1S/C23H24N4O4S/c1-2-11-27-21(15-29-18-6-4-3-5-7-18)25-26-23(27)32-12-10-22(28)24-14-17-8-9-19-20(13-17)31-16-30-19/h2-9,13H,1,10-12,14-16H2,(H,24,28). The van der Waals surface area contributed by atoms with E-state index in [0.29, 0.717) is 43.4 Å². The first kappa shape index (κ1) is 21.8. The summed E-state index contributed by atoms with van der Waals surface area (Å²) in [7, 11) is 0. The third-order valence-electron chi connectivity index (χ3n) is 4.70. The van der Waals surface area contributed by atoms with Gasteiger partial charge >= 0.3 is 0 Å². The van der Waals surface area contributed by atoms with E-state index in [4.69, 9.17) is 14.2 Å². The summed E-state index contributed by atoms with van der Waals surface area (Å²) in [4.78, 5) is 12.3. The number of aromatic nitrogens is 3. The number of allylic oxidation sites excluding steroid dienone is 1. The molecule has 1 N–H and O–H groups in total. The number of nitrogens with zero attached hydrogens (tertiary/aromatic N) is 3. The van der Waals surface area contributed by atoms with E-state index in [1.54, 1.807) is 6.08 Å². The number of amides is 1. The first-order valence-electron chi connectivity index (χ1n) is 10.2. The summed E-state index contributed by atoms with van der Waals surface area (Å²) in [6, 6.07) is 15.2. The number of fused-ring (bicyclic) bond motifs is 1. The van der Waals surface area contributed by atoms with Gasteiger partial charge in [-0.15, -0.1) is 16.8 Å². The molecule has 0 saturated heterocycles. The van der Waals surface area contributed by atoms with Crippen LogP contribution in [0.5, 0.6) is 17.2 Å². The monoisotopic (exact) mass is 452 g/mol. The number of carbonyl (C=O) groups is 1. The van der Waals surface area contributed by atoms with Gasteiger partial charge in [0.25, 0.3) is 0 Å². The van der Waals surface area contributed by atoms with Crippen molar-refractivity contribution in [1.82, 2.24) is 20.1 Å². The second kappa shape index (κ2) is 10.7. The van der Waals surface area contributed by atoms with E-state index in [9.17, 15) is 4.79 Å². The molecule has 2 aromatic carbocycles. The lowest BCUT2D eigenvalue weighted by molar-refractivity contribution is -0.120. The van der Waals surface area contributed by atoms with Crippen LogP contribution in [0.2, 0.25) is 0 Å². The molecule has 0 saturated carbocycles. The molecule has 1 amide bonds. The molecule has 166 valence electrons. The second-order valence-corrected chi connectivity index (χ2v) is 8.02. The fraction of sp³-hybridized carbons (Fsp3) is 0.261. The van der Waals surface area contributed by atoms with Crippen LogP contribution in [0.4, 0.5) is 0 Å². The van der Waals surface area contributed by atoms with Crippen molar-refractivity contribution in [2.24, 2.45) is 0 Å². The molecule has 0 radical (unpaired) electrons. The summed E-state index contributed by atoms with van der Waals surface area (Å²) < 4.78 is 18.4. The normalized spacial score (nSPS) is 11.9. The molecule has 1 aliphatic rings. The van der Waals surface area contributed by atoms with Crippen molar-refractivity contribution in [2.75, 3.05) is 12.5 Å². The van der Waals surface area contributed by atoms with Gasteiger partial charge < -0.3 is 19.5 Å². The molecule has 9 heteroatoms. The summed E-state index contributed by atoms with van der Waals surface area (Å²) in [6.45, 7) is 5.36. The molecule has 0 fully saturated rings. The fourth-order valence-corrected chi connectivity index (χ4v) is 3.99. The average molecular weight is 453 g/mol. The Morgan fingerprint density at radius 3 is 2.88 bits per heavy atom. The molecule has 2 heterocycles. The van der Waals surface area contributed by atoms with Gasteiger partial charge in [0, 0.05) is 25.3 Å². The number of carbonyl (C=O) groups excluding carboxylic acids is 1. The Morgan fingerprint density at radius 2 is 2.03 bits per heavy atom. The first-order valence-corrected chi connectivity index (χ1v) is 11.2. The number of hydrogen-bond acceptors (Lipinski definition) is 7. The van der Waals surface area contributed by atoms with Crippen LogP contribution < -0.4 is 19.5 Å². The number of rotatable bonds is 11. The third-order valence-corrected chi connectivity index (χ3v) is 5.67. The molecular formula is C23H24N4O4S.